The van der Waals surface area contributed by atoms with Gasteiger partial charge < -0.3 is 9.47 Å². The average Bonchev–Trinajstić information content (AvgIpc) is 2.44. The Hall–Kier alpha value is -2.10. The second-order valence-electron chi connectivity index (χ2n) is 5.36. The van der Waals surface area contributed by atoms with Crippen molar-refractivity contribution in [3.8, 4) is 5.75 Å². The van der Waals surface area contributed by atoms with Crippen molar-refractivity contribution >= 4 is 11.8 Å². The molecule has 0 atom stereocenters. The minimum Gasteiger partial charge on any atom is -0.493 e. The summed E-state index contributed by atoms with van der Waals surface area (Å²) in [6.45, 7) is 8.54. The number of allylic oxidation sites excluding steroid dienone is 1. The van der Waals surface area contributed by atoms with Gasteiger partial charge in [0.25, 0.3) is 0 Å². The maximum Gasteiger partial charge on any atom is 0.330 e. The molecule has 0 heterocycles. The van der Waals surface area contributed by atoms with Gasteiger partial charge in [0.1, 0.15) is 5.75 Å². The molecule has 0 aliphatic rings. The van der Waals surface area contributed by atoms with Gasteiger partial charge in [-0.3, -0.25) is 4.79 Å². The van der Waals surface area contributed by atoms with Gasteiger partial charge >= 0.3 is 5.97 Å². The average molecular weight is 290 g/mol. The minimum absolute atomic E-state index is 0.226. The Labute approximate surface area is 125 Å². The Bertz CT molecular complexity index is 556. The molecular formula is C17H22O4. The monoisotopic (exact) mass is 290 g/mol. The summed E-state index contributed by atoms with van der Waals surface area (Å²) in [5.41, 5.74) is 2.28. The molecule has 0 fully saturated rings. The molecule has 0 aliphatic heterocycles. The Kier molecular flexibility index (Phi) is 6.15. The lowest BCUT2D eigenvalue weighted by Gasteiger charge is -2.13. The number of hydrogen-bond donors (Lipinski definition) is 0. The third-order valence-corrected chi connectivity index (χ3v) is 2.93. The van der Waals surface area contributed by atoms with Crippen molar-refractivity contribution in [1.82, 2.24) is 0 Å². The summed E-state index contributed by atoms with van der Waals surface area (Å²) < 4.78 is 10.2. The number of carbonyl (C=O) groups excluding carboxylic acids is 2. The number of ether oxygens (including phenoxy) is 2. The normalized spacial score (nSPS) is 11.0. The molecule has 0 saturated carbocycles. The Morgan fingerprint density at radius 3 is 2.38 bits per heavy atom. The Morgan fingerprint density at radius 1 is 1.14 bits per heavy atom. The van der Waals surface area contributed by atoms with Crippen LogP contribution in [0.15, 0.2) is 24.3 Å². The van der Waals surface area contributed by atoms with Crippen molar-refractivity contribution in [1.29, 1.82) is 0 Å². The van der Waals surface area contributed by atoms with Crippen molar-refractivity contribution < 1.29 is 19.1 Å². The van der Waals surface area contributed by atoms with Crippen LogP contribution in [0.1, 0.15) is 35.3 Å². The van der Waals surface area contributed by atoms with Crippen LogP contribution in [-0.4, -0.2) is 25.5 Å². The van der Waals surface area contributed by atoms with Crippen LogP contribution < -0.4 is 4.74 Å². The molecule has 4 nitrogen and oxygen atoms in total. The van der Waals surface area contributed by atoms with Crippen molar-refractivity contribution in [3.63, 3.8) is 0 Å². The highest BCUT2D eigenvalue weighted by Gasteiger charge is 2.11. The highest BCUT2D eigenvalue weighted by atomic mass is 16.5. The number of benzene rings is 1. The zero-order valence-corrected chi connectivity index (χ0v) is 13.2. The number of hydrogen-bond acceptors (Lipinski definition) is 4. The summed E-state index contributed by atoms with van der Waals surface area (Å²) in [5, 5.41) is 0. The lowest BCUT2D eigenvalue weighted by atomic mass is 10.0. The highest BCUT2D eigenvalue weighted by molar-refractivity contribution is 6.08. The molecule has 1 aromatic carbocycles. The van der Waals surface area contributed by atoms with E-state index in [2.05, 4.69) is 18.6 Å². The molecule has 114 valence electrons. The van der Waals surface area contributed by atoms with Crippen LogP contribution in [0, 0.1) is 19.8 Å². The summed E-state index contributed by atoms with van der Waals surface area (Å²) in [5.74, 6) is 0.453. The molecule has 0 aliphatic carbocycles. The standard InChI is InChI=1S/C17H22O4/c1-11(2)10-21-16-9-12(3)14(8-13(16)4)15(18)6-7-17(19)20-5/h6-9,11H,10H2,1-5H3/b7-6+. The lowest BCUT2D eigenvalue weighted by molar-refractivity contribution is -0.134. The maximum atomic E-state index is 12.1. The summed E-state index contributed by atoms with van der Waals surface area (Å²) >= 11 is 0. The Morgan fingerprint density at radius 2 is 1.81 bits per heavy atom. The summed E-state index contributed by atoms with van der Waals surface area (Å²) in [6, 6.07) is 3.64. The van der Waals surface area contributed by atoms with Crippen LogP contribution in [0.5, 0.6) is 5.75 Å². The quantitative estimate of drug-likeness (QED) is 0.458. The van der Waals surface area contributed by atoms with E-state index in [1.807, 2.05) is 19.9 Å². The van der Waals surface area contributed by atoms with Crippen molar-refractivity contribution in [2.24, 2.45) is 5.92 Å². The first-order valence-corrected chi connectivity index (χ1v) is 6.89. The third-order valence-electron chi connectivity index (χ3n) is 2.93. The zero-order chi connectivity index (χ0) is 16.0. The van der Waals surface area contributed by atoms with E-state index < -0.39 is 5.97 Å². The van der Waals surface area contributed by atoms with E-state index in [0.717, 1.165) is 23.0 Å². The number of aryl methyl sites for hydroxylation is 2. The molecular weight excluding hydrogens is 268 g/mol. The molecule has 0 spiro atoms. The predicted molar refractivity (Wildman–Crippen MR) is 81.7 cm³/mol. The minimum atomic E-state index is -0.547. The first-order chi connectivity index (χ1) is 9.85. The molecule has 0 amide bonds. The number of carbonyl (C=O) groups is 2. The van der Waals surface area contributed by atoms with Crippen LogP contribution in [0.4, 0.5) is 0 Å². The molecule has 0 bridgehead atoms. The van der Waals surface area contributed by atoms with Crippen LogP contribution in [-0.2, 0) is 9.53 Å². The summed E-state index contributed by atoms with van der Waals surface area (Å²) in [6.07, 6.45) is 2.35. The number of rotatable bonds is 6. The van der Waals surface area contributed by atoms with Gasteiger partial charge in [-0.15, -0.1) is 0 Å². The molecule has 21 heavy (non-hydrogen) atoms. The van der Waals surface area contributed by atoms with E-state index in [1.54, 1.807) is 6.07 Å². The van der Waals surface area contributed by atoms with Gasteiger partial charge in [-0.1, -0.05) is 13.8 Å². The van der Waals surface area contributed by atoms with E-state index in [1.165, 1.54) is 13.2 Å². The van der Waals surface area contributed by atoms with Gasteiger partial charge in [0.05, 0.1) is 13.7 Å². The second kappa shape index (κ2) is 7.62. The summed E-state index contributed by atoms with van der Waals surface area (Å²) in [7, 11) is 1.27. The molecule has 0 saturated heterocycles. The first-order valence-electron chi connectivity index (χ1n) is 6.89. The van der Waals surface area contributed by atoms with Crippen LogP contribution >= 0.6 is 0 Å². The van der Waals surface area contributed by atoms with E-state index >= 15 is 0 Å². The van der Waals surface area contributed by atoms with Crippen LogP contribution in [0.25, 0.3) is 0 Å². The SMILES string of the molecule is COC(=O)/C=C/C(=O)c1cc(C)c(OCC(C)C)cc1C. The Balaban J connectivity index is 2.95. The van der Waals surface area contributed by atoms with E-state index in [0.29, 0.717) is 18.1 Å². The van der Waals surface area contributed by atoms with E-state index in [-0.39, 0.29) is 5.78 Å². The molecule has 0 aromatic heterocycles. The van der Waals surface area contributed by atoms with Gasteiger partial charge in [-0.25, -0.2) is 4.79 Å². The summed E-state index contributed by atoms with van der Waals surface area (Å²) in [4.78, 5) is 23.1. The van der Waals surface area contributed by atoms with Crippen LogP contribution in [0.2, 0.25) is 0 Å². The molecule has 0 N–H and O–H groups in total. The van der Waals surface area contributed by atoms with Gasteiger partial charge in [-0.2, -0.15) is 0 Å². The van der Waals surface area contributed by atoms with Crippen molar-refractivity contribution in [2.75, 3.05) is 13.7 Å². The molecule has 4 heteroatoms. The van der Waals surface area contributed by atoms with Gasteiger partial charge in [0, 0.05) is 11.6 Å². The predicted octanol–water partition coefficient (Wildman–Crippen LogP) is 3.25. The smallest absolute Gasteiger partial charge is 0.330 e. The fourth-order valence-electron chi connectivity index (χ4n) is 1.77. The second-order valence-corrected chi connectivity index (χ2v) is 5.36. The van der Waals surface area contributed by atoms with Crippen molar-refractivity contribution in [2.45, 2.75) is 27.7 Å². The fourth-order valence-corrected chi connectivity index (χ4v) is 1.77. The molecule has 0 radical (unpaired) electrons. The van der Waals surface area contributed by atoms with Gasteiger partial charge in [-0.05, 0) is 49.1 Å². The molecule has 0 unspecified atom stereocenters. The fraction of sp³-hybridized carbons (Fsp3) is 0.412. The first kappa shape index (κ1) is 17.0. The van der Waals surface area contributed by atoms with Crippen molar-refractivity contribution in [3.05, 3.63) is 41.0 Å². The van der Waals surface area contributed by atoms with Gasteiger partial charge in [0.15, 0.2) is 5.78 Å². The van der Waals surface area contributed by atoms with E-state index in [4.69, 9.17) is 4.74 Å². The number of ketones is 1. The van der Waals surface area contributed by atoms with Crippen LogP contribution in [0.3, 0.4) is 0 Å². The lowest BCUT2D eigenvalue weighted by Crippen LogP contribution is -2.07. The highest BCUT2D eigenvalue weighted by Crippen LogP contribution is 2.24. The number of esters is 1. The largest absolute Gasteiger partial charge is 0.493 e. The zero-order valence-electron chi connectivity index (χ0n) is 13.2. The maximum absolute atomic E-state index is 12.1. The topological polar surface area (TPSA) is 52.6 Å². The van der Waals surface area contributed by atoms with Gasteiger partial charge in [0.2, 0.25) is 0 Å². The molecule has 1 aromatic rings. The van der Waals surface area contributed by atoms with E-state index in [9.17, 15) is 9.59 Å². The third kappa shape index (κ3) is 5.06. The molecule has 1 rings (SSSR count). The number of methoxy groups -OCH3 is 1.